The number of benzene rings is 7. The fourth-order valence-electron chi connectivity index (χ4n) is 16.4. The monoisotopic (exact) mass is 2010 g/mol. The predicted octanol–water partition coefficient (Wildman–Crippen LogP) is -4.42. The van der Waals surface area contributed by atoms with Gasteiger partial charge in [-0.15, -0.1) is 0 Å². The van der Waals surface area contributed by atoms with Crippen LogP contribution in [0.1, 0.15) is 111 Å². The summed E-state index contributed by atoms with van der Waals surface area (Å²) >= 11 is 0. The molecule has 0 unspecified atom stereocenters. The highest BCUT2D eigenvalue weighted by Crippen LogP contribution is 2.21. The van der Waals surface area contributed by atoms with Crippen LogP contribution in [0.3, 0.4) is 0 Å². The zero-order chi connectivity index (χ0) is 81.6. The molecule has 18 nitrogen and oxygen atoms in total. The third-order valence-electron chi connectivity index (χ3n) is 24.3. The lowest BCUT2D eigenvalue weighted by Crippen LogP contribution is -3.00. The summed E-state index contributed by atoms with van der Waals surface area (Å²) in [7, 11) is 0.797. The number of quaternary nitrogens is 2. The number of likely N-dealkylation sites (tertiary alicyclic amines) is 2. The number of nitrogens with zero attached hydrogens (tertiary/aromatic N) is 12. The smallest absolute Gasteiger partial charge is 0.191 e. The minimum atomic E-state index is -4.27. The molecule has 0 aliphatic carbocycles. The van der Waals surface area contributed by atoms with Crippen molar-refractivity contribution < 1.29 is 143 Å². The van der Waals surface area contributed by atoms with E-state index >= 15 is 0 Å². The van der Waals surface area contributed by atoms with E-state index in [1.165, 1.54) is 309 Å². The van der Waals surface area contributed by atoms with Gasteiger partial charge in [0.05, 0.1) is 76.7 Å². The first kappa shape index (κ1) is 104. The van der Waals surface area contributed by atoms with E-state index in [-0.39, 0.29) is 94.7 Å². The van der Waals surface area contributed by atoms with Crippen LogP contribution in [-0.2, 0) is 58.8 Å². The van der Waals surface area contributed by atoms with Crippen molar-refractivity contribution in [1.29, 1.82) is 0 Å². The van der Waals surface area contributed by atoms with Gasteiger partial charge in [-0.1, -0.05) is 133 Å². The van der Waals surface area contributed by atoms with Crippen molar-refractivity contribution in [1.82, 2.24) is 24.6 Å². The maximum atomic E-state index is 10.4. The number of likely N-dealkylation sites (N-methyl/N-ethyl adjacent to an activating group) is 3. The van der Waals surface area contributed by atoms with E-state index in [9.17, 15) is 25.9 Å². The molecule has 10 heterocycles. The largest absolute Gasteiger partial charge is 1.00 e. The first-order valence-corrected chi connectivity index (χ1v) is 45.6. The molecule has 9 aliphatic heterocycles. The molecule has 17 rings (SSSR count). The Labute approximate surface area is 777 Å². The average molecular weight is 2010 g/mol. The number of piperidine rings is 2. The number of pyridine rings is 1. The molecule has 1 aromatic heterocycles. The van der Waals surface area contributed by atoms with E-state index in [1.54, 1.807) is 24.3 Å². The highest BCUT2D eigenvalue weighted by molar-refractivity contribution is 7.86. The van der Waals surface area contributed by atoms with Crippen LogP contribution in [0.4, 0.5) is 0 Å². The van der Waals surface area contributed by atoms with Gasteiger partial charge < -0.3 is 108 Å². The van der Waals surface area contributed by atoms with Crippen molar-refractivity contribution in [3.05, 3.63) is 267 Å². The number of aromatic nitrogens is 1. The Morgan fingerprint density at radius 1 is 0.355 bits per heavy atom. The molecule has 25 heteroatoms. The highest BCUT2D eigenvalue weighted by Gasteiger charge is 2.29. The van der Waals surface area contributed by atoms with Gasteiger partial charge in [0.2, 0.25) is 0 Å². The molecule has 0 atom stereocenters. The minimum absolute atomic E-state index is 0. The van der Waals surface area contributed by atoms with E-state index in [0.717, 1.165) is 43.6 Å². The van der Waals surface area contributed by atoms with Crippen LogP contribution < -0.4 is 84.9 Å². The van der Waals surface area contributed by atoms with Crippen LogP contribution in [0.5, 0.6) is 0 Å². The Kier molecular flexibility index (Phi) is 45.3. The third-order valence-corrected chi connectivity index (χ3v) is 26.0. The lowest BCUT2D eigenvalue weighted by Gasteiger charge is -2.38. The molecule has 8 aromatic rings. The first-order valence-electron chi connectivity index (χ1n) is 42.8. The lowest BCUT2D eigenvalue weighted by molar-refractivity contribution is -0.920. The number of halogens is 5. The SMILES string of the molecule is C1=[N+](CCN2CCCCC2)CCc2ccccc21.C1=[N+](CCc2ccncc2)CCc2ccccc21.CN1CCN(CC[N+]2=Cc3ccccc3CC2)CC1.C[N+]1(C)CCN(CC[N+]2=Cc3ccccc3CC2)CC1.C[N+]1(CC[N+]2=Cc3ccccc3CC2)CCCCC1.Cc1ccc(S(=O)(=O)[O-])cc1.Cc1ccc(S(=O)(=O)[O-])cc1.[Br-].[Br-].[Br-].[Br-].[Br-]. The molecule has 9 aliphatic rings. The molecule has 121 heavy (non-hydrogen) atoms. The van der Waals surface area contributed by atoms with Gasteiger partial charge in [0, 0.05) is 118 Å². The van der Waals surface area contributed by atoms with Gasteiger partial charge in [0.1, 0.15) is 66.0 Å². The molecule has 658 valence electrons. The normalized spacial score (nSPS) is 17.5. The van der Waals surface area contributed by atoms with Gasteiger partial charge in [-0.2, -0.15) is 0 Å². The fraction of sp³-hybridized carbons (Fsp3) is 0.458. The molecule has 0 bridgehead atoms. The van der Waals surface area contributed by atoms with Crippen LogP contribution in [0, 0.1) is 13.8 Å². The molecule has 0 spiro atoms. The van der Waals surface area contributed by atoms with Gasteiger partial charge in [-0.05, 0) is 166 Å². The van der Waals surface area contributed by atoms with E-state index in [2.05, 4.69) is 240 Å². The Hall–Kier alpha value is -5.98. The summed E-state index contributed by atoms with van der Waals surface area (Å²) in [5, 5.41) is 0. The summed E-state index contributed by atoms with van der Waals surface area (Å²) in [5.74, 6) is 0. The predicted molar refractivity (Wildman–Crippen MR) is 470 cm³/mol. The number of hydrogen-bond donors (Lipinski definition) is 0. The van der Waals surface area contributed by atoms with Crippen molar-refractivity contribution >= 4 is 51.3 Å². The van der Waals surface area contributed by atoms with Crippen LogP contribution in [-0.4, -0.2) is 312 Å². The third kappa shape index (κ3) is 35.8. The van der Waals surface area contributed by atoms with Gasteiger partial charge in [-0.25, -0.2) is 39.7 Å². The molecular weight excluding hydrogens is 1880 g/mol. The molecule has 0 radical (unpaired) electrons. The number of piperazine rings is 2. The Morgan fingerprint density at radius 2 is 0.661 bits per heavy atom. The molecule has 4 saturated heterocycles. The van der Waals surface area contributed by atoms with Crippen molar-refractivity contribution in [2.45, 2.75) is 101 Å². The minimum Gasteiger partial charge on any atom is -1.00 e. The van der Waals surface area contributed by atoms with E-state index in [0.29, 0.717) is 0 Å². The van der Waals surface area contributed by atoms with Crippen LogP contribution >= 0.6 is 0 Å². The van der Waals surface area contributed by atoms with Crippen LogP contribution in [0.15, 0.2) is 204 Å². The van der Waals surface area contributed by atoms with Gasteiger partial charge in [0.15, 0.2) is 57.3 Å². The molecule has 4 fully saturated rings. The Morgan fingerprint density at radius 3 is 1.01 bits per heavy atom. The maximum absolute atomic E-state index is 10.4. The summed E-state index contributed by atoms with van der Waals surface area (Å²) in [6.45, 7) is 35.6. The second-order valence-electron chi connectivity index (χ2n) is 33.8. The molecule has 0 amide bonds. The quantitative estimate of drug-likeness (QED) is 0.0494. The molecular formula is C96H131Br5N12O6S2. The van der Waals surface area contributed by atoms with Crippen molar-refractivity contribution in [3.8, 4) is 0 Å². The second kappa shape index (κ2) is 52.8. The average Bonchev–Trinajstić information content (AvgIpc) is 0.848. The van der Waals surface area contributed by atoms with Crippen LogP contribution in [0.25, 0.3) is 0 Å². The highest BCUT2D eigenvalue weighted by atomic mass is 79.9. The lowest BCUT2D eigenvalue weighted by atomic mass is 10.0. The molecule has 7 aromatic carbocycles. The van der Waals surface area contributed by atoms with Crippen LogP contribution in [0.2, 0.25) is 0 Å². The Bertz CT molecular complexity index is 4760. The topological polar surface area (TPSA) is 155 Å². The maximum Gasteiger partial charge on any atom is 0.191 e. The summed E-state index contributed by atoms with van der Waals surface area (Å²) in [5.41, 5.74) is 17.7. The standard InChI is InChI=1S/C17H27N3.C17H26N2.C16H24N3.C16H23N2.C16H17N2.2C7H8O3S.5BrH/c1-20(2)13-11-18(12-14-20)9-10-19-8-7-16-5-3-4-6-17(16)15-19;1-19(12-5-2-6-13-19)14-11-18-10-9-16-7-3-4-8-17(16)15-18;1-17-8-10-18(11-9-17)12-13-19-7-6-15-4-2-3-5-16(15)14-19;1-4-9-17(10-5-1)12-13-18-11-8-15-6-2-3-7-16(15)14-18;1-2-4-16-13-18(12-8-15(16)3-1)11-7-14-5-9-17-10-6-14;2*1-6-2-4-7(5-3-6)11(8,9)10;;;;;/h3-6,15H,7-14H2,1-2H3;3-4,7-8,15H,2,5-6,9-14H2,1H3;2-5,14H,6-13H2,1H3;2-3,6-7,14H,1,4-5,8-13H2;1-6,9-10,13H,7-8,11-12H2;2*2-5H,1H3,(H,8,9,10);5*1H/q2*+2;3*+1;;;;;;;/p-7. The number of aryl methyl sites for hydroxylation is 2. The first-order chi connectivity index (χ1) is 56.0. The van der Waals surface area contributed by atoms with E-state index in [1.807, 2.05) is 26.2 Å². The van der Waals surface area contributed by atoms with Crippen molar-refractivity contribution in [2.24, 2.45) is 0 Å². The van der Waals surface area contributed by atoms with Gasteiger partial charge >= 0.3 is 0 Å². The fourth-order valence-corrected chi connectivity index (χ4v) is 17.3. The zero-order valence-electron chi connectivity index (χ0n) is 72.3. The van der Waals surface area contributed by atoms with Crippen molar-refractivity contribution in [2.75, 3.05) is 198 Å². The zero-order valence-corrected chi connectivity index (χ0v) is 81.8. The second-order valence-corrected chi connectivity index (χ2v) is 36.6. The number of rotatable bonds is 17. The van der Waals surface area contributed by atoms with Gasteiger partial charge in [-0.3, -0.25) is 19.7 Å². The van der Waals surface area contributed by atoms with Crippen molar-refractivity contribution in [3.63, 3.8) is 0 Å². The number of fused-ring (bicyclic) bond motifs is 5. The number of hydrogen-bond acceptors (Lipinski definition) is 11. The summed E-state index contributed by atoms with van der Waals surface area (Å²) < 4.78 is 77.2. The summed E-state index contributed by atoms with van der Waals surface area (Å²) in [6, 6.07) is 59.6. The summed E-state index contributed by atoms with van der Waals surface area (Å²) in [4.78, 5) is 13.9. The summed E-state index contributed by atoms with van der Waals surface area (Å²) in [6.07, 6.45) is 31.0. The molecule has 0 saturated carbocycles. The van der Waals surface area contributed by atoms with E-state index < -0.39 is 20.2 Å². The van der Waals surface area contributed by atoms with Gasteiger partial charge in [0.25, 0.3) is 0 Å². The van der Waals surface area contributed by atoms with E-state index in [4.69, 9.17) is 0 Å². The Balaban J connectivity index is 0.000000219. The molecule has 0 N–H and O–H groups in total.